The van der Waals surface area contributed by atoms with Gasteiger partial charge in [-0.25, -0.2) is 0 Å². The number of ketones is 1. The molecule has 1 aliphatic heterocycles. The molecule has 0 aliphatic carbocycles. The van der Waals surface area contributed by atoms with E-state index in [1.54, 1.807) is 30.3 Å². The van der Waals surface area contributed by atoms with E-state index in [-0.39, 0.29) is 29.5 Å². The summed E-state index contributed by atoms with van der Waals surface area (Å²) in [5.74, 6) is -0.642. The van der Waals surface area contributed by atoms with Crippen LogP contribution in [0.4, 0.5) is 0 Å². The van der Waals surface area contributed by atoms with Crippen LogP contribution in [0.15, 0.2) is 46.6 Å². The number of benzene rings is 1. The van der Waals surface area contributed by atoms with Crippen LogP contribution >= 0.6 is 0 Å². The molecule has 1 aliphatic rings. The van der Waals surface area contributed by atoms with Crippen LogP contribution in [0, 0.1) is 0 Å². The van der Waals surface area contributed by atoms with E-state index in [4.69, 9.17) is 18.6 Å². The van der Waals surface area contributed by atoms with Crippen LogP contribution in [0.25, 0.3) is 5.76 Å². The third-order valence-electron chi connectivity index (χ3n) is 5.01. The van der Waals surface area contributed by atoms with Gasteiger partial charge in [0.2, 0.25) is 0 Å². The molecule has 2 aromatic rings. The molecule has 1 aromatic carbocycles. The first-order valence-electron chi connectivity index (χ1n) is 10.0. The van der Waals surface area contributed by atoms with Crippen molar-refractivity contribution < 1.29 is 33.3 Å². The lowest BCUT2D eigenvalue weighted by Crippen LogP contribution is -2.31. The largest absolute Gasteiger partial charge is 0.507 e. The van der Waals surface area contributed by atoms with Gasteiger partial charge < -0.3 is 28.6 Å². The summed E-state index contributed by atoms with van der Waals surface area (Å²) in [7, 11) is 2.95. The predicted octanol–water partition coefficient (Wildman–Crippen LogP) is 3.53. The van der Waals surface area contributed by atoms with E-state index in [0.29, 0.717) is 30.3 Å². The lowest BCUT2D eigenvalue weighted by Gasteiger charge is -2.23. The fourth-order valence-electron chi connectivity index (χ4n) is 3.55. The number of nitrogens with zero attached hydrogens (tertiary/aromatic N) is 1. The van der Waals surface area contributed by atoms with Crippen molar-refractivity contribution in [2.75, 3.05) is 27.4 Å². The SMILES string of the molecule is COc1ccc(OC)c(/C(O)=C2/C(=O)C(=O)N(CCCOC(C)C)C2c2ccco2)c1. The number of aliphatic hydroxyl groups is 1. The minimum atomic E-state index is -0.857. The van der Waals surface area contributed by atoms with Crippen molar-refractivity contribution >= 4 is 17.4 Å². The van der Waals surface area contributed by atoms with Crippen molar-refractivity contribution in [3.63, 3.8) is 0 Å². The normalized spacial score (nSPS) is 18.1. The summed E-state index contributed by atoms with van der Waals surface area (Å²) in [6.45, 7) is 4.57. The zero-order chi connectivity index (χ0) is 22.5. The van der Waals surface area contributed by atoms with Gasteiger partial charge in [-0.1, -0.05) is 0 Å². The van der Waals surface area contributed by atoms with Crippen molar-refractivity contribution in [2.24, 2.45) is 0 Å². The molecule has 0 saturated carbocycles. The lowest BCUT2D eigenvalue weighted by atomic mass is 9.98. The smallest absolute Gasteiger partial charge is 0.295 e. The lowest BCUT2D eigenvalue weighted by molar-refractivity contribution is -0.140. The Balaban J connectivity index is 2.05. The average molecular weight is 429 g/mol. The third-order valence-corrected chi connectivity index (χ3v) is 5.01. The average Bonchev–Trinajstić information content (AvgIpc) is 3.37. The Morgan fingerprint density at radius 1 is 1.19 bits per heavy atom. The second kappa shape index (κ2) is 9.70. The number of amides is 1. The number of hydrogen-bond acceptors (Lipinski definition) is 7. The van der Waals surface area contributed by atoms with Crippen LogP contribution in [0.3, 0.4) is 0 Å². The molecule has 1 atom stereocenters. The van der Waals surface area contributed by atoms with Gasteiger partial charge in [-0.05, 0) is 50.6 Å². The molecule has 1 saturated heterocycles. The molecular weight excluding hydrogens is 402 g/mol. The number of furan rings is 1. The maximum Gasteiger partial charge on any atom is 0.295 e. The van der Waals surface area contributed by atoms with Gasteiger partial charge in [0, 0.05) is 13.2 Å². The molecule has 31 heavy (non-hydrogen) atoms. The van der Waals surface area contributed by atoms with Crippen LogP contribution in [-0.2, 0) is 14.3 Å². The molecule has 1 fully saturated rings. The molecule has 166 valence electrons. The highest BCUT2D eigenvalue weighted by Crippen LogP contribution is 2.41. The third kappa shape index (κ3) is 4.59. The van der Waals surface area contributed by atoms with E-state index in [1.807, 2.05) is 13.8 Å². The quantitative estimate of drug-likeness (QED) is 0.282. The standard InChI is InChI=1S/C23H27NO7/c1-14(2)30-12-6-10-24-20(18-7-5-11-31-18)19(22(26)23(24)27)21(25)16-13-15(28-3)8-9-17(16)29-4/h5,7-9,11,13-14,20,25H,6,10,12H2,1-4H3/b21-19-. The van der Waals surface area contributed by atoms with Gasteiger partial charge in [0.15, 0.2) is 0 Å². The molecule has 2 heterocycles. The molecule has 1 aromatic heterocycles. The van der Waals surface area contributed by atoms with E-state index in [9.17, 15) is 14.7 Å². The number of rotatable bonds is 9. The number of aliphatic hydroxyl groups excluding tert-OH is 1. The zero-order valence-electron chi connectivity index (χ0n) is 18.1. The van der Waals surface area contributed by atoms with E-state index >= 15 is 0 Å². The van der Waals surface area contributed by atoms with E-state index < -0.39 is 17.7 Å². The van der Waals surface area contributed by atoms with Gasteiger partial charge in [0.25, 0.3) is 11.7 Å². The molecule has 0 radical (unpaired) electrons. The topological polar surface area (TPSA) is 98.4 Å². The summed E-state index contributed by atoms with van der Waals surface area (Å²) in [6.07, 6.45) is 2.06. The van der Waals surface area contributed by atoms with Crippen LogP contribution in [0.1, 0.15) is 37.6 Å². The van der Waals surface area contributed by atoms with Gasteiger partial charge in [0.05, 0.1) is 37.7 Å². The van der Waals surface area contributed by atoms with Gasteiger partial charge in [-0.3, -0.25) is 9.59 Å². The minimum Gasteiger partial charge on any atom is -0.507 e. The number of likely N-dealkylation sites (tertiary alicyclic amines) is 1. The molecule has 1 unspecified atom stereocenters. The number of ether oxygens (including phenoxy) is 3. The van der Waals surface area contributed by atoms with Gasteiger partial charge in [-0.2, -0.15) is 0 Å². The summed E-state index contributed by atoms with van der Waals surface area (Å²) in [6, 6.07) is 7.33. The maximum atomic E-state index is 13.0. The fourth-order valence-corrected chi connectivity index (χ4v) is 3.55. The molecule has 0 bridgehead atoms. The molecular formula is C23H27NO7. The van der Waals surface area contributed by atoms with Crippen LogP contribution in [0.5, 0.6) is 11.5 Å². The van der Waals surface area contributed by atoms with Gasteiger partial charge in [0.1, 0.15) is 29.1 Å². The highest BCUT2D eigenvalue weighted by molar-refractivity contribution is 6.46. The minimum absolute atomic E-state index is 0.0590. The van der Waals surface area contributed by atoms with Crippen LogP contribution in [-0.4, -0.2) is 55.2 Å². The van der Waals surface area contributed by atoms with Crippen molar-refractivity contribution in [1.29, 1.82) is 0 Å². The summed E-state index contributed by atoms with van der Waals surface area (Å²) in [5.41, 5.74) is 0.191. The van der Waals surface area contributed by atoms with Crippen molar-refractivity contribution in [1.82, 2.24) is 4.90 Å². The Kier molecular flexibility index (Phi) is 7.02. The van der Waals surface area contributed by atoms with Gasteiger partial charge >= 0.3 is 0 Å². The first-order chi connectivity index (χ1) is 14.9. The number of methoxy groups -OCH3 is 2. The first kappa shape index (κ1) is 22.4. The summed E-state index contributed by atoms with van der Waals surface area (Å²) in [4.78, 5) is 27.2. The predicted molar refractivity (Wildman–Crippen MR) is 113 cm³/mol. The summed E-state index contributed by atoms with van der Waals surface area (Å²) < 4.78 is 21.7. The highest BCUT2D eigenvalue weighted by Gasteiger charge is 2.47. The number of hydrogen-bond donors (Lipinski definition) is 1. The summed E-state index contributed by atoms with van der Waals surface area (Å²) >= 11 is 0. The zero-order valence-corrected chi connectivity index (χ0v) is 18.1. The van der Waals surface area contributed by atoms with E-state index in [2.05, 4.69) is 0 Å². The molecule has 1 N–H and O–H groups in total. The summed E-state index contributed by atoms with van der Waals surface area (Å²) in [5, 5.41) is 11.1. The van der Waals surface area contributed by atoms with E-state index in [1.165, 1.54) is 25.4 Å². The monoisotopic (exact) mass is 429 g/mol. The Hall–Kier alpha value is -3.26. The first-order valence-corrected chi connectivity index (χ1v) is 10.0. The Morgan fingerprint density at radius 2 is 1.97 bits per heavy atom. The second-order valence-corrected chi connectivity index (χ2v) is 7.35. The second-order valence-electron chi connectivity index (χ2n) is 7.35. The molecule has 8 heteroatoms. The van der Waals surface area contributed by atoms with Crippen molar-refractivity contribution in [2.45, 2.75) is 32.4 Å². The van der Waals surface area contributed by atoms with Gasteiger partial charge in [-0.15, -0.1) is 0 Å². The fraction of sp³-hybridized carbons (Fsp3) is 0.391. The molecule has 1 amide bonds. The Labute approximate surface area is 181 Å². The Morgan fingerprint density at radius 3 is 2.58 bits per heavy atom. The number of Topliss-reactive ketones (excluding diaryl/α,β-unsaturated/α-hetero) is 1. The number of carbonyl (C=O) groups excluding carboxylic acids is 2. The van der Waals surface area contributed by atoms with Crippen molar-refractivity contribution in [3.8, 4) is 11.5 Å². The Bertz CT molecular complexity index is 962. The molecule has 3 rings (SSSR count). The van der Waals surface area contributed by atoms with Crippen LogP contribution < -0.4 is 9.47 Å². The number of carbonyl (C=O) groups is 2. The van der Waals surface area contributed by atoms with E-state index in [0.717, 1.165) is 0 Å². The highest BCUT2D eigenvalue weighted by atomic mass is 16.5. The van der Waals surface area contributed by atoms with Crippen molar-refractivity contribution in [3.05, 3.63) is 53.5 Å². The molecule has 0 spiro atoms. The molecule has 8 nitrogen and oxygen atoms in total. The van der Waals surface area contributed by atoms with Crippen LogP contribution in [0.2, 0.25) is 0 Å². The maximum absolute atomic E-state index is 13.0.